The van der Waals surface area contributed by atoms with E-state index in [1.54, 1.807) is 48.5 Å². The van der Waals surface area contributed by atoms with E-state index in [0.717, 1.165) is 5.56 Å². The summed E-state index contributed by atoms with van der Waals surface area (Å²) in [4.78, 5) is 40.6. The molecule has 174 valence electrons. The lowest BCUT2D eigenvalue weighted by Crippen LogP contribution is -2.40. The number of hydrogen-bond donors (Lipinski definition) is 3. The molecule has 0 spiro atoms. The number of aryl methyl sites for hydroxylation is 1. The zero-order valence-corrected chi connectivity index (χ0v) is 19.8. The second kappa shape index (κ2) is 10.3. The average Bonchev–Trinajstić information content (AvgIpc) is 2.97. The van der Waals surface area contributed by atoms with Crippen molar-refractivity contribution in [2.45, 2.75) is 66.2 Å². The summed E-state index contributed by atoms with van der Waals surface area (Å²) in [6.07, 6.45) is -0.842. The van der Waals surface area contributed by atoms with Crippen molar-refractivity contribution in [2.24, 2.45) is 0 Å². The Morgan fingerprint density at radius 2 is 1.69 bits per heavy atom. The number of amides is 2. The van der Waals surface area contributed by atoms with E-state index in [9.17, 15) is 14.4 Å². The first kappa shape index (κ1) is 25.0. The van der Waals surface area contributed by atoms with Gasteiger partial charge in [-0.3, -0.25) is 4.79 Å². The Morgan fingerprint density at radius 1 is 1.06 bits per heavy atom. The normalized spacial score (nSPS) is 12.2. The van der Waals surface area contributed by atoms with Crippen LogP contribution in [0.3, 0.4) is 0 Å². The molecular formula is C24H33N3O5. The van der Waals surface area contributed by atoms with E-state index in [1.165, 1.54) is 0 Å². The summed E-state index contributed by atoms with van der Waals surface area (Å²) < 4.78 is 10.6. The Hall–Kier alpha value is -3.29. The van der Waals surface area contributed by atoms with Gasteiger partial charge in [-0.1, -0.05) is 30.3 Å². The first-order chi connectivity index (χ1) is 14.9. The maximum atomic E-state index is 12.9. The molecule has 8 nitrogen and oxygen atoms in total. The topological polar surface area (TPSA) is 110 Å². The van der Waals surface area contributed by atoms with Gasteiger partial charge in [-0.25, -0.2) is 9.59 Å². The molecule has 0 radical (unpaired) electrons. The van der Waals surface area contributed by atoms with Crippen LogP contribution < -0.4 is 10.6 Å². The molecule has 32 heavy (non-hydrogen) atoms. The van der Waals surface area contributed by atoms with Gasteiger partial charge < -0.3 is 25.1 Å². The summed E-state index contributed by atoms with van der Waals surface area (Å²) in [7, 11) is 0. The number of ether oxygens (including phenoxy) is 2. The van der Waals surface area contributed by atoms with Gasteiger partial charge in [0.1, 0.15) is 11.3 Å². The average molecular weight is 444 g/mol. The largest absolute Gasteiger partial charge is 0.459 e. The number of carbonyl (C=O) groups excluding carboxylic acids is 3. The minimum atomic E-state index is -0.644. The third kappa shape index (κ3) is 6.87. The predicted molar refractivity (Wildman–Crippen MR) is 122 cm³/mol. The Kier molecular flexibility index (Phi) is 8.08. The number of aromatic amines is 1. The molecule has 1 aromatic carbocycles. The predicted octanol–water partition coefficient (Wildman–Crippen LogP) is 4.19. The van der Waals surface area contributed by atoms with Crippen molar-refractivity contribution in [2.75, 3.05) is 6.54 Å². The summed E-state index contributed by atoms with van der Waals surface area (Å²) >= 11 is 0. The molecule has 1 aromatic heterocycles. The van der Waals surface area contributed by atoms with Crippen LogP contribution in [0.4, 0.5) is 4.79 Å². The molecule has 0 aliphatic heterocycles. The third-order valence-electron chi connectivity index (χ3n) is 4.57. The van der Waals surface area contributed by atoms with Crippen molar-refractivity contribution in [3.8, 4) is 0 Å². The van der Waals surface area contributed by atoms with Crippen LogP contribution in [0.5, 0.6) is 0 Å². The van der Waals surface area contributed by atoms with E-state index in [4.69, 9.17) is 9.47 Å². The molecule has 1 atom stereocenters. The number of hydrogen-bond acceptors (Lipinski definition) is 5. The van der Waals surface area contributed by atoms with Crippen LogP contribution in [0.25, 0.3) is 0 Å². The summed E-state index contributed by atoms with van der Waals surface area (Å²) in [5.41, 5.74) is 1.89. The Labute approximate surface area is 189 Å². The lowest BCUT2D eigenvalue weighted by Gasteiger charge is -2.24. The van der Waals surface area contributed by atoms with Gasteiger partial charge in [-0.2, -0.15) is 0 Å². The highest BCUT2D eigenvalue weighted by Gasteiger charge is 2.25. The number of esters is 1. The van der Waals surface area contributed by atoms with Crippen molar-refractivity contribution in [3.63, 3.8) is 0 Å². The molecule has 0 saturated carbocycles. The highest BCUT2D eigenvalue weighted by molar-refractivity contribution is 6.00. The fourth-order valence-corrected chi connectivity index (χ4v) is 3.23. The van der Waals surface area contributed by atoms with Gasteiger partial charge in [-0.05, 0) is 59.6 Å². The number of carbonyl (C=O) groups is 3. The van der Waals surface area contributed by atoms with Crippen LogP contribution in [0.2, 0.25) is 0 Å². The maximum Gasteiger partial charge on any atom is 0.408 e. The zero-order valence-electron chi connectivity index (χ0n) is 19.8. The lowest BCUT2D eigenvalue weighted by molar-refractivity contribution is 0.0375. The number of benzene rings is 1. The monoisotopic (exact) mass is 443 g/mol. The van der Waals surface area contributed by atoms with Crippen LogP contribution in [0, 0.1) is 13.8 Å². The zero-order chi connectivity index (χ0) is 24.1. The van der Waals surface area contributed by atoms with E-state index >= 15 is 0 Å². The Morgan fingerprint density at radius 3 is 2.25 bits per heavy atom. The van der Waals surface area contributed by atoms with Crippen LogP contribution in [0.15, 0.2) is 30.3 Å². The van der Waals surface area contributed by atoms with Gasteiger partial charge in [0.25, 0.3) is 5.91 Å². The lowest BCUT2D eigenvalue weighted by atomic mass is 10.1. The minimum Gasteiger partial charge on any atom is -0.459 e. The molecule has 8 heteroatoms. The molecule has 2 amide bonds. The highest BCUT2D eigenvalue weighted by atomic mass is 16.6. The van der Waals surface area contributed by atoms with Crippen LogP contribution >= 0.6 is 0 Å². The number of nitrogens with one attached hydrogen (secondary N) is 3. The van der Waals surface area contributed by atoms with Crippen LogP contribution in [-0.2, 0) is 9.47 Å². The van der Waals surface area contributed by atoms with Gasteiger partial charge in [0.05, 0.1) is 17.7 Å². The summed E-state index contributed by atoms with van der Waals surface area (Å²) in [6, 6.07) is 8.79. The van der Waals surface area contributed by atoms with Crippen molar-refractivity contribution < 1.29 is 23.9 Å². The van der Waals surface area contributed by atoms with Gasteiger partial charge in [0, 0.05) is 12.2 Å². The van der Waals surface area contributed by atoms with Gasteiger partial charge in [0.15, 0.2) is 0 Å². The second-order valence-electron chi connectivity index (χ2n) is 8.90. The second-order valence-corrected chi connectivity index (χ2v) is 8.90. The van der Waals surface area contributed by atoms with Crippen molar-refractivity contribution in [1.29, 1.82) is 0 Å². The molecule has 0 bridgehead atoms. The van der Waals surface area contributed by atoms with Crippen LogP contribution in [0.1, 0.15) is 78.3 Å². The Balaban J connectivity index is 2.16. The number of H-pyrrole nitrogens is 1. The first-order valence-electron chi connectivity index (χ1n) is 10.6. The van der Waals surface area contributed by atoms with Gasteiger partial charge >= 0.3 is 12.1 Å². The number of rotatable bonds is 7. The summed E-state index contributed by atoms with van der Waals surface area (Å²) in [5, 5.41) is 5.64. The highest BCUT2D eigenvalue weighted by Crippen LogP contribution is 2.20. The van der Waals surface area contributed by atoms with E-state index in [1.807, 2.05) is 30.3 Å². The van der Waals surface area contributed by atoms with E-state index in [0.29, 0.717) is 16.8 Å². The summed E-state index contributed by atoms with van der Waals surface area (Å²) in [6.45, 7) is 12.4. The van der Waals surface area contributed by atoms with E-state index < -0.39 is 23.7 Å². The van der Waals surface area contributed by atoms with Crippen molar-refractivity contribution >= 4 is 18.0 Å². The SMILES string of the molecule is Cc1[nH]c(C(=O)NC[C@@H](NC(=O)OC(C)(C)C)c2ccccc2)c(C)c1C(=O)OC(C)C. The molecule has 2 aromatic rings. The first-order valence-corrected chi connectivity index (χ1v) is 10.6. The molecule has 0 aliphatic carbocycles. The third-order valence-corrected chi connectivity index (χ3v) is 4.57. The molecular weight excluding hydrogens is 410 g/mol. The van der Waals surface area contributed by atoms with Crippen molar-refractivity contribution in [1.82, 2.24) is 15.6 Å². The van der Waals surface area contributed by atoms with Crippen molar-refractivity contribution in [3.05, 3.63) is 58.4 Å². The molecule has 1 heterocycles. The molecule has 0 unspecified atom stereocenters. The standard InChI is InChI=1S/C24H33N3O5/c1-14(2)31-22(29)19-15(3)20(26-16(19)4)21(28)25-13-18(17-11-9-8-10-12-17)27-23(30)32-24(5,6)7/h8-12,14,18,26H,13H2,1-7H3,(H,25,28)(H,27,30)/t18-/m1/s1. The minimum absolute atomic E-state index is 0.130. The number of aromatic nitrogens is 1. The van der Waals surface area contributed by atoms with Crippen LogP contribution in [-0.4, -0.2) is 41.2 Å². The fourth-order valence-electron chi connectivity index (χ4n) is 3.23. The van der Waals surface area contributed by atoms with E-state index in [-0.39, 0.29) is 24.2 Å². The van der Waals surface area contributed by atoms with Gasteiger partial charge in [-0.15, -0.1) is 0 Å². The van der Waals surface area contributed by atoms with Gasteiger partial charge in [0.2, 0.25) is 0 Å². The fraction of sp³-hybridized carbons (Fsp3) is 0.458. The molecule has 0 aliphatic rings. The smallest absolute Gasteiger partial charge is 0.408 e. The number of alkyl carbamates (subject to hydrolysis) is 1. The molecule has 0 saturated heterocycles. The molecule has 3 N–H and O–H groups in total. The Bertz CT molecular complexity index is 958. The maximum absolute atomic E-state index is 12.9. The molecule has 0 fully saturated rings. The molecule has 2 rings (SSSR count). The quantitative estimate of drug-likeness (QED) is 0.556. The van der Waals surface area contributed by atoms with E-state index in [2.05, 4.69) is 15.6 Å². The summed E-state index contributed by atoms with van der Waals surface area (Å²) in [5.74, 6) is -0.861.